The molecule has 4 heteroatoms. The van der Waals surface area contributed by atoms with Crippen LogP contribution in [-0.4, -0.2) is 17.4 Å². The molecule has 0 radical (unpaired) electrons. The predicted molar refractivity (Wildman–Crippen MR) is 78.7 cm³/mol. The Balaban J connectivity index is 2.06. The Labute approximate surface area is 118 Å². The molecule has 0 aromatic rings. The molecule has 0 bridgehead atoms. The van der Waals surface area contributed by atoms with Crippen LogP contribution in [0.1, 0.15) is 78.6 Å². The zero-order valence-corrected chi connectivity index (χ0v) is 13.6. The van der Waals surface area contributed by atoms with Crippen molar-refractivity contribution in [3.8, 4) is 0 Å². The van der Waals surface area contributed by atoms with E-state index in [9.17, 15) is 4.57 Å². The molecule has 0 heterocycles. The maximum absolute atomic E-state index is 13.1. The van der Waals surface area contributed by atoms with E-state index in [2.05, 4.69) is 13.8 Å². The lowest BCUT2D eigenvalue weighted by Gasteiger charge is -2.35. The van der Waals surface area contributed by atoms with Crippen molar-refractivity contribution in [2.45, 2.75) is 89.8 Å². The van der Waals surface area contributed by atoms with Gasteiger partial charge in [0.1, 0.15) is 0 Å². The van der Waals surface area contributed by atoms with Crippen LogP contribution in [0, 0.1) is 0 Å². The normalized spacial score (nSPS) is 25.8. The average molecular weight is 288 g/mol. The molecule has 0 aromatic carbocycles. The summed E-state index contributed by atoms with van der Waals surface area (Å²) in [6, 6.07) is 0. The summed E-state index contributed by atoms with van der Waals surface area (Å²) < 4.78 is 25.3. The zero-order valence-electron chi connectivity index (χ0n) is 12.7. The fraction of sp³-hybridized carbons (Fsp3) is 1.00. The molecule has 0 amide bonds. The van der Waals surface area contributed by atoms with Crippen LogP contribution in [0.15, 0.2) is 0 Å². The second-order valence-electron chi connectivity index (χ2n) is 6.83. The van der Waals surface area contributed by atoms with Gasteiger partial charge in [-0.05, 0) is 46.0 Å². The van der Waals surface area contributed by atoms with Crippen LogP contribution < -0.4 is 0 Å². The molecule has 19 heavy (non-hydrogen) atoms. The number of hydrogen-bond acceptors (Lipinski definition) is 3. The van der Waals surface area contributed by atoms with Gasteiger partial charge in [0.2, 0.25) is 0 Å². The molecule has 0 spiro atoms. The minimum atomic E-state index is -2.95. The molecule has 0 atom stereocenters. The summed E-state index contributed by atoms with van der Waals surface area (Å²) in [6.45, 7) is 6.25. The van der Waals surface area contributed by atoms with E-state index in [1.807, 2.05) is 6.92 Å². The Kier molecular flexibility index (Phi) is 4.80. The third kappa shape index (κ3) is 4.06. The third-order valence-electron chi connectivity index (χ3n) is 4.54. The van der Waals surface area contributed by atoms with Crippen LogP contribution in [0.5, 0.6) is 0 Å². The Morgan fingerprint density at radius 1 is 0.895 bits per heavy atom. The molecule has 0 unspecified atom stereocenters. The van der Waals surface area contributed by atoms with Gasteiger partial charge in [-0.15, -0.1) is 0 Å². The minimum Gasteiger partial charge on any atom is -0.302 e. The van der Waals surface area contributed by atoms with Crippen molar-refractivity contribution in [2.75, 3.05) is 6.16 Å². The van der Waals surface area contributed by atoms with Crippen molar-refractivity contribution in [2.24, 2.45) is 0 Å². The maximum Gasteiger partial charge on any atom is 0.331 e. The average Bonchev–Trinajstić information content (AvgIpc) is 2.87. The topological polar surface area (TPSA) is 35.5 Å². The summed E-state index contributed by atoms with van der Waals surface area (Å²) in [4.78, 5) is 0. The monoisotopic (exact) mass is 288 g/mol. The molecule has 112 valence electrons. The maximum atomic E-state index is 13.1. The van der Waals surface area contributed by atoms with Gasteiger partial charge in [0.15, 0.2) is 0 Å². The largest absolute Gasteiger partial charge is 0.331 e. The van der Waals surface area contributed by atoms with E-state index in [0.29, 0.717) is 6.16 Å². The van der Waals surface area contributed by atoms with Gasteiger partial charge in [-0.1, -0.05) is 32.6 Å². The molecule has 2 aliphatic rings. The molecule has 3 nitrogen and oxygen atoms in total. The highest BCUT2D eigenvalue weighted by Gasteiger charge is 2.43. The van der Waals surface area contributed by atoms with Crippen LogP contribution in [-0.2, 0) is 13.6 Å². The standard InChI is InChI=1S/C15H29O3P/c1-4-13-19(16,17-14(2)9-5-6-10-14)18-15(3)11-7-8-12-15/h4-13H2,1-3H3. The highest BCUT2D eigenvalue weighted by Crippen LogP contribution is 2.59. The minimum absolute atomic E-state index is 0.223. The van der Waals surface area contributed by atoms with Gasteiger partial charge in [-0.25, -0.2) is 0 Å². The summed E-state index contributed by atoms with van der Waals surface area (Å²) in [5.41, 5.74) is -0.445. The van der Waals surface area contributed by atoms with E-state index in [1.165, 1.54) is 25.7 Å². The van der Waals surface area contributed by atoms with Gasteiger partial charge in [0.05, 0.1) is 11.2 Å². The van der Waals surface area contributed by atoms with Crippen LogP contribution in [0.25, 0.3) is 0 Å². The van der Waals surface area contributed by atoms with Crippen molar-refractivity contribution < 1.29 is 13.6 Å². The summed E-state index contributed by atoms with van der Waals surface area (Å²) in [7, 11) is -2.95. The lowest BCUT2D eigenvalue weighted by Crippen LogP contribution is -2.29. The summed E-state index contributed by atoms with van der Waals surface area (Å²) >= 11 is 0. The third-order valence-corrected chi connectivity index (χ3v) is 6.97. The second kappa shape index (κ2) is 5.87. The molecule has 0 saturated heterocycles. The van der Waals surface area contributed by atoms with E-state index in [-0.39, 0.29) is 11.2 Å². The first-order valence-electron chi connectivity index (χ1n) is 7.89. The molecule has 2 aliphatic carbocycles. The van der Waals surface area contributed by atoms with Crippen molar-refractivity contribution in [3.05, 3.63) is 0 Å². The molecule has 2 rings (SSSR count). The number of hydrogen-bond donors (Lipinski definition) is 0. The Morgan fingerprint density at radius 3 is 1.58 bits per heavy atom. The Bertz CT molecular complexity index is 313. The molecule has 0 N–H and O–H groups in total. The number of rotatable bonds is 6. The Morgan fingerprint density at radius 2 is 1.26 bits per heavy atom. The van der Waals surface area contributed by atoms with Crippen LogP contribution in [0.4, 0.5) is 0 Å². The lowest BCUT2D eigenvalue weighted by atomic mass is 10.1. The fourth-order valence-electron chi connectivity index (χ4n) is 3.48. The van der Waals surface area contributed by atoms with E-state index >= 15 is 0 Å². The van der Waals surface area contributed by atoms with E-state index in [0.717, 1.165) is 32.1 Å². The highest BCUT2D eigenvalue weighted by atomic mass is 31.2. The second-order valence-corrected chi connectivity index (χ2v) is 8.87. The summed E-state index contributed by atoms with van der Waals surface area (Å²) in [5, 5.41) is 0. The molecular formula is C15H29O3P. The lowest BCUT2D eigenvalue weighted by molar-refractivity contribution is 0.0216. The molecule has 2 fully saturated rings. The van der Waals surface area contributed by atoms with Crippen LogP contribution >= 0.6 is 7.60 Å². The van der Waals surface area contributed by atoms with Crippen molar-refractivity contribution >= 4 is 7.60 Å². The van der Waals surface area contributed by atoms with Gasteiger partial charge in [-0.2, -0.15) is 0 Å². The molecule has 0 aromatic heterocycles. The quantitative estimate of drug-likeness (QED) is 0.623. The predicted octanol–water partition coefficient (Wildman–Crippen LogP) is 5.29. The smallest absolute Gasteiger partial charge is 0.302 e. The van der Waals surface area contributed by atoms with Gasteiger partial charge in [-0.3, -0.25) is 4.57 Å². The molecule has 2 saturated carbocycles. The highest BCUT2D eigenvalue weighted by molar-refractivity contribution is 7.53. The van der Waals surface area contributed by atoms with E-state index in [1.54, 1.807) is 0 Å². The van der Waals surface area contributed by atoms with E-state index < -0.39 is 7.60 Å². The first-order valence-corrected chi connectivity index (χ1v) is 9.62. The van der Waals surface area contributed by atoms with E-state index in [4.69, 9.17) is 9.05 Å². The van der Waals surface area contributed by atoms with Gasteiger partial charge >= 0.3 is 7.60 Å². The van der Waals surface area contributed by atoms with Crippen molar-refractivity contribution in [1.29, 1.82) is 0 Å². The van der Waals surface area contributed by atoms with Crippen molar-refractivity contribution in [1.82, 2.24) is 0 Å². The van der Waals surface area contributed by atoms with Crippen LogP contribution in [0.3, 0.4) is 0 Å². The summed E-state index contributed by atoms with van der Waals surface area (Å²) in [6.07, 6.45) is 10.2. The van der Waals surface area contributed by atoms with Gasteiger partial charge in [0.25, 0.3) is 0 Å². The Hall–Kier alpha value is 0.150. The summed E-state index contributed by atoms with van der Waals surface area (Å²) in [5.74, 6) is 0. The van der Waals surface area contributed by atoms with Crippen molar-refractivity contribution in [3.63, 3.8) is 0 Å². The van der Waals surface area contributed by atoms with Crippen LogP contribution in [0.2, 0.25) is 0 Å². The van der Waals surface area contributed by atoms with Gasteiger partial charge < -0.3 is 9.05 Å². The first kappa shape index (κ1) is 15.5. The molecular weight excluding hydrogens is 259 g/mol. The fourth-order valence-corrected chi connectivity index (χ4v) is 5.96. The van der Waals surface area contributed by atoms with Gasteiger partial charge in [0, 0.05) is 6.16 Å². The molecule has 0 aliphatic heterocycles. The SMILES string of the molecule is CCCP(=O)(OC1(C)CCCC1)OC1(C)CCCC1. The zero-order chi connectivity index (χ0) is 14.0. The first-order chi connectivity index (χ1) is 8.89.